The van der Waals surface area contributed by atoms with Crippen LogP contribution in [0.3, 0.4) is 0 Å². The van der Waals surface area contributed by atoms with Crippen LogP contribution in [0.15, 0.2) is 59.8 Å². The highest BCUT2D eigenvalue weighted by atomic mass is 32.2. The van der Waals surface area contributed by atoms with E-state index < -0.39 is 5.82 Å². The van der Waals surface area contributed by atoms with E-state index in [2.05, 4.69) is 15.5 Å². The predicted octanol–water partition coefficient (Wildman–Crippen LogP) is 2.45. The predicted molar refractivity (Wildman–Crippen MR) is 95.2 cm³/mol. The van der Waals surface area contributed by atoms with Crippen molar-refractivity contribution in [2.45, 2.75) is 11.6 Å². The molecule has 1 heterocycles. The Labute approximate surface area is 148 Å². The van der Waals surface area contributed by atoms with Crippen LogP contribution < -0.4 is 11.2 Å². The van der Waals surface area contributed by atoms with Crippen LogP contribution in [0.4, 0.5) is 10.1 Å². The molecule has 0 atom stereocenters. The summed E-state index contributed by atoms with van der Waals surface area (Å²) in [7, 11) is 0. The number of nitrogens with zero attached hydrogens (tertiary/aromatic N) is 3. The van der Waals surface area contributed by atoms with Gasteiger partial charge in [-0.3, -0.25) is 4.79 Å². The number of carbonyl (C=O) groups excluding carboxylic acids is 1. The largest absolute Gasteiger partial charge is 0.336 e. The molecule has 0 aliphatic carbocycles. The minimum atomic E-state index is -0.405. The summed E-state index contributed by atoms with van der Waals surface area (Å²) in [4.78, 5) is 12.0. The minimum Gasteiger partial charge on any atom is -0.336 e. The SMILES string of the molecule is Nn1c(Cc2ccccc2)nnc1SCC(=O)Nc1cccc(F)c1. The van der Waals surface area contributed by atoms with E-state index in [-0.39, 0.29) is 11.7 Å². The highest BCUT2D eigenvalue weighted by Crippen LogP contribution is 2.17. The molecule has 0 aliphatic rings. The number of thioether (sulfide) groups is 1. The number of hydrogen-bond donors (Lipinski definition) is 2. The Balaban J connectivity index is 1.57. The van der Waals surface area contributed by atoms with Crippen molar-refractivity contribution in [2.75, 3.05) is 16.9 Å². The van der Waals surface area contributed by atoms with E-state index in [0.29, 0.717) is 23.1 Å². The van der Waals surface area contributed by atoms with Crippen molar-refractivity contribution in [1.29, 1.82) is 0 Å². The molecular formula is C17H16FN5OS. The van der Waals surface area contributed by atoms with Crippen molar-refractivity contribution >= 4 is 23.4 Å². The maximum Gasteiger partial charge on any atom is 0.234 e. The number of nitrogen functional groups attached to an aromatic ring is 1. The Morgan fingerprint density at radius 2 is 1.96 bits per heavy atom. The first-order valence-corrected chi connectivity index (χ1v) is 8.52. The molecule has 25 heavy (non-hydrogen) atoms. The minimum absolute atomic E-state index is 0.0944. The van der Waals surface area contributed by atoms with E-state index in [1.807, 2.05) is 30.3 Å². The van der Waals surface area contributed by atoms with E-state index in [0.717, 1.165) is 5.56 Å². The molecule has 0 spiro atoms. The van der Waals surface area contributed by atoms with E-state index >= 15 is 0 Å². The first kappa shape index (κ1) is 17.0. The van der Waals surface area contributed by atoms with Crippen LogP contribution in [0.1, 0.15) is 11.4 Å². The monoisotopic (exact) mass is 357 g/mol. The molecule has 3 N–H and O–H groups in total. The Bertz CT molecular complexity index is 868. The molecule has 3 rings (SSSR count). The fourth-order valence-electron chi connectivity index (χ4n) is 2.20. The number of carbonyl (C=O) groups is 1. The first-order valence-electron chi connectivity index (χ1n) is 7.53. The summed E-state index contributed by atoms with van der Waals surface area (Å²) in [5.41, 5.74) is 1.48. The quantitative estimate of drug-likeness (QED) is 0.523. The first-order chi connectivity index (χ1) is 12.1. The second-order valence-electron chi connectivity index (χ2n) is 5.28. The van der Waals surface area contributed by atoms with Gasteiger partial charge in [0.1, 0.15) is 5.82 Å². The van der Waals surface area contributed by atoms with Gasteiger partial charge in [0.25, 0.3) is 0 Å². The van der Waals surface area contributed by atoms with Crippen LogP contribution in [0.5, 0.6) is 0 Å². The highest BCUT2D eigenvalue weighted by Gasteiger charge is 2.13. The zero-order valence-corrected chi connectivity index (χ0v) is 14.0. The van der Waals surface area contributed by atoms with Crippen molar-refractivity contribution in [1.82, 2.24) is 14.9 Å². The third kappa shape index (κ3) is 4.57. The molecule has 0 saturated carbocycles. The van der Waals surface area contributed by atoms with Crippen LogP contribution in [0, 0.1) is 5.82 Å². The molecule has 1 aromatic heterocycles. The summed E-state index contributed by atoms with van der Waals surface area (Å²) < 4.78 is 14.5. The fourth-order valence-corrected chi connectivity index (χ4v) is 2.87. The average Bonchev–Trinajstić information content (AvgIpc) is 2.94. The molecule has 0 fully saturated rings. The maximum atomic E-state index is 13.1. The fraction of sp³-hybridized carbons (Fsp3) is 0.118. The zero-order chi connectivity index (χ0) is 17.6. The summed E-state index contributed by atoms with van der Waals surface area (Å²) >= 11 is 1.17. The van der Waals surface area contributed by atoms with Crippen LogP contribution in [0.2, 0.25) is 0 Å². The van der Waals surface area contributed by atoms with Gasteiger partial charge in [0.05, 0.1) is 5.75 Å². The third-order valence-electron chi connectivity index (χ3n) is 3.38. The number of nitrogens with one attached hydrogen (secondary N) is 1. The third-order valence-corrected chi connectivity index (χ3v) is 4.32. The maximum absolute atomic E-state index is 13.1. The van der Waals surface area contributed by atoms with Gasteiger partial charge >= 0.3 is 0 Å². The number of nitrogens with two attached hydrogens (primary N) is 1. The molecular weight excluding hydrogens is 341 g/mol. The van der Waals surface area contributed by atoms with Crippen LogP contribution in [0.25, 0.3) is 0 Å². The van der Waals surface area contributed by atoms with Gasteiger partial charge in [-0.2, -0.15) is 0 Å². The molecule has 128 valence electrons. The van der Waals surface area contributed by atoms with Crippen molar-refractivity contribution < 1.29 is 9.18 Å². The van der Waals surface area contributed by atoms with E-state index in [4.69, 9.17) is 5.84 Å². The number of rotatable bonds is 6. The Morgan fingerprint density at radius 3 is 2.72 bits per heavy atom. The lowest BCUT2D eigenvalue weighted by molar-refractivity contribution is -0.113. The topological polar surface area (TPSA) is 85.8 Å². The van der Waals surface area contributed by atoms with Gasteiger partial charge in [0.15, 0.2) is 5.82 Å². The van der Waals surface area contributed by atoms with E-state index in [9.17, 15) is 9.18 Å². The molecule has 1 amide bonds. The second kappa shape index (κ2) is 7.80. The standard InChI is InChI=1S/C17H16FN5OS/c18-13-7-4-8-14(10-13)20-16(24)11-25-17-22-21-15(23(17)19)9-12-5-2-1-3-6-12/h1-8,10H,9,11,19H2,(H,20,24). The molecule has 3 aromatic rings. The molecule has 2 aromatic carbocycles. The van der Waals surface area contributed by atoms with Gasteiger partial charge in [-0.15, -0.1) is 10.2 Å². The van der Waals surface area contributed by atoms with Crippen molar-refractivity contribution in [2.24, 2.45) is 0 Å². The number of halogens is 1. The van der Waals surface area contributed by atoms with Gasteiger partial charge in [0.2, 0.25) is 11.1 Å². The Hall–Kier alpha value is -2.87. The van der Waals surface area contributed by atoms with Gasteiger partial charge in [-0.25, -0.2) is 9.07 Å². The summed E-state index contributed by atoms with van der Waals surface area (Å²) in [5, 5.41) is 11.2. The van der Waals surface area contributed by atoms with Crippen molar-refractivity contribution in [3.8, 4) is 0 Å². The lowest BCUT2D eigenvalue weighted by Crippen LogP contribution is -2.17. The van der Waals surface area contributed by atoms with E-state index in [1.165, 1.54) is 34.6 Å². The van der Waals surface area contributed by atoms with Gasteiger partial charge in [-0.05, 0) is 23.8 Å². The van der Waals surface area contributed by atoms with Crippen LogP contribution in [-0.2, 0) is 11.2 Å². The summed E-state index contributed by atoms with van der Waals surface area (Å²) in [5.74, 6) is 6.02. The van der Waals surface area contributed by atoms with Gasteiger partial charge < -0.3 is 11.2 Å². The zero-order valence-electron chi connectivity index (χ0n) is 13.2. The summed E-state index contributed by atoms with van der Waals surface area (Å²) in [6.07, 6.45) is 0.556. The number of aromatic nitrogens is 3. The molecule has 0 bridgehead atoms. The van der Waals surface area contributed by atoms with Crippen LogP contribution >= 0.6 is 11.8 Å². The average molecular weight is 357 g/mol. The van der Waals surface area contributed by atoms with Gasteiger partial charge in [0, 0.05) is 12.1 Å². The smallest absolute Gasteiger partial charge is 0.234 e. The lowest BCUT2D eigenvalue weighted by atomic mass is 10.1. The molecule has 0 saturated heterocycles. The van der Waals surface area contributed by atoms with Crippen molar-refractivity contribution in [3.05, 3.63) is 71.8 Å². The number of amides is 1. The number of anilines is 1. The second-order valence-corrected chi connectivity index (χ2v) is 6.22. The highest BCUT2D eigenvalue weighted by molar-refractivity contribution is 7.99. The number of benzene rings is 2. The molecule has 0 unspecified atom stereocenters. The van der Waals surface area contributed by atoms with Gasteiger partial charge in [-0.1, -0.05) is 48.2 Å². The van der Waals surface area contributed by atoms with E-state index in [1.54, 1.807) is 6.07 Å². The molecule has 6 nitrogen and oxygen atoms in total. The summed E-state index contributed by atoms with van der Waals surface area (Å²) in [6.45, 7) is 0. The van der Waals surface area contributed by atoms with Crippen LogP contribution in [-0.4, -0.2) is 26.5 Å². The van der Waals surface area contributed by atoms with Crippen molar-refractivity contribution in [3.63, 3.8) is 0 Å². The molecule has 8 heteroatoms. The molecule has 0 aliphatic heterocycles. The molecule has 0 radical (unpaired) electrons. The number of hydrogen-bond acceptors (Lipinski definition) is 5. The Morgan fingerprint density at radius 1 is 1.16 bits per heavy atom. The summed E-state index contributed by atoms with van der Waals surface area (Å²) in [6, 6.07) is 15.5. The normalized spacial score (nSPS) is 10.6. The Kier molecular flexibility index (Phi) is 5.30. The lowest BCUT2D eigenvalue weighted by Gasteiger charge is -2.05.